The van der Waals surface area contributed by atoms with Gasteiger partial charge in [-0.3, -0.25) is 15.4 Å². The minimum atomic E-state index is -0.654. The molecule has 0 radical (unpaired) electrons. The summed E-state index contributed by atoms with van der Waals surface area (Å²) in [6, 6.07) is 11.7. The maximum absolute atomic E-state index is 12.0. The van der Waals surface area contributed by atoms with Gasteiger partial charge in [-0.05, 0) is 51.5 Å². The van der Waals surface area contributed by atoms with Crippen molar-refractivity contribution in [1.29, 1.82) is 0 Å². The van der Waals surface area contributed by atoms with Gasteiger partial charge in [0.05, 0.1) is 16.2 Å². The summed E-state index contributed by atoms with van der Waals surface area (Å²) in [4.78, 5) is 22.5. The molecule has 2 aromatic rings. The zero-order chi connectivity index (χ0) is 19.3. The van der Waals surface area contributed by atoms with Crippen LogP contribution in [0.25, 0.3) is 0 Å². The molecule has 1 amide bonds. The molecule has 0 heterocycles. The van der Waals surface area contributed by atoms with Gasteiger partial charge in [0.2, 0.25) is 0 Å². The van der Waals surface area contributed by atoms with Crippen molar-refractivity contribution in [3.63, 3.8) is 0 Å². The number of ether oxygens (including phenoxy) is 1. The van der Waals surface area contributed by atoms with E-state index in [0.29, 0.717) is 11.3 Å². The summed E-state index contributed by atoms with van der Waals surface area (Å²) >= 11 is 0. The molecule has 0 unspecified atom stereocenters. The summed E-state index contributed by atoms with van der Waals surface area (Å²) in [7, 11) is 0. The van der Waals surface area contributed by atoms with Gasteiger partial charge >= 0.3 is 6.09 Å². The molecule has 0 saturated carbocycles. The predicted octanol–water partition coefficient (Wildman–Crippen LogP) is 4.65. The van der Waals surface area contributed by atoms with E-state index < -0.39 is 16.6 Å². The standard InChI is InChI=1S/C20H20N2O4/c1-14-6-5-7-15(12-14)8-9-16-13-17(22(24)25)10-11-18(16)21-19(23)26-20(2,3)4/h5-7,10-13H,1-4H3,(H,21,23). The molecule has 0 aliphatic rings. The maximum atomic E-state index is 12.0. The molecule has 1 N–H and O–H groups in total. The van der Waals surface area contributed by atoms with Gasteiger partial charge in [0.15, 0.2) is 0 Å². The monoisotopic (exact) mass is 352 g/mol. The Bertz CT molecular complexity index is 902. The first-order valence-electron chi connectivity index (χ1n) is 8.01. The Morgan fingerprint density at radius 2 is 1.88 bits per heavy atom. The van der Waals surface area contributed by atoms with E-state index in [4.69, 9.17) is 4.74 Å². The summed E-state index contributed by atoms with van der Waals surface area (Å²) in [5.74, 6) is 5.86. The highest BCUT2D eigenvalue weighted by Gasteiger charge is 2.18. The lowest BCUT2D eigenvalue weighted by molar-refractivity contribution is -0.384. The molecule has 0 atom stereocenters. The van der Waals surface area contributed by atoms with E-state index in [1.165, 1.54) is 18.2 Å². The molecule has 0 aliphatic carbocycles. The Morgan fingerprint density at radius 3 is 2.50 bits per heavy atom. The largest absolute Gasteiger partial charge is 0.444 e. The van der Waals surface area contributed by atoms with Gasteiger partial charge in [0, 0.05) is 17.7 Å². The molecular weight excluding hydrogens is 332 g/mol. The molecule has 6 nitrogen and oxygen atoms in total. The molecule has 0 saturated heterocycles. The van der Waals surface area contributed by atoms with E-state index in [-0.39, 0.29) is 5.69 Å². The topological polar surface area (TPSA) is 81.5 Å². The van der Waals surface area contributed by atoms with Crippen LogP contribution < -0.4 is 5.32 Å². The van der Waals surface area contributed by atoms with E-state index in [1.54, 1.807) is 20.8 Å². The van der Waals surface area contributed by atoms with Crippen molar-refractivity contribution in [3.8, 4) is 11.8 Å². The fourth-order valence-corrected chi connectivity index (χ4v) is 2.13. The maximum Gasteiger partial charge on any atom is 0.412 e. The van der Waals surface area contributed by atoms with Gasteiger partial charge in [0.25, 0.3) is 5.69 Å². The summed E-state index contributed by atoms with van der Waals surface area (Å²) in [6.45, 7) is 7.20. The number of nitrogens with zero attached hydrogens (tertiary/aromatic N) is 1. The number of carbonyl (C=O) groups excluding carboxylic acids is 1. The second-order valence-electron chi connectivity index (χ2n) is 6.73. The SMILES string of the molecule is Cc1cccc(C#Cc2cc([N+](=O)[O-])ccc2NC(=O)OC(C)(C)C)c1. The molecule has 2 aromatic carbocycles. The first-order chi connectivity index (χ1) is 12.1. The van der Waals surface area contributed by atoms with Crippen LogP contribution in [0, 0.1) is 28.9 Å². The lowest BCUT2D eigenvalue weighted by Crippen LogP contribution is -2.27. The van der Waals surface area contributed by atoms with Crippen LogP contribution in [0.4, 0.5) is 16.2 Å². The van der Waals surface area contributed by atoms with Gasteiger partial charge < -0.3 is 4.74 Å². The highest BCUT2D eigenvalue weighted by molar-refractivity contribution is 5.87. The number of nitrogens with one attached hydrogen (secondary N) is 1. The summed E-state index contributed by atoms with van der Waals surface area (Å²) in [5, 5.41) is 13.6. The fourth-order valence-electron chi connectivity index (χ4n) is 2.13. The minimum absolute atomic E-state index is 0.103. The Labute approximate surface area is 152 Å². The molecule has 134 valence electrons. The average Bonchev–Trinajstić information content (AvgIpc) is 2.52. The second kappa shape index (κ2) is 7.70. The van der Waals surface area contributed by atoms with Crippen molar-refractivity contribution in [3.05, 3.63) is 69.3 Å². The van der Waals surface area contributed by atoms with Crippen molar-refractivity contribution < 1.29 is 14.5 Å². The number of nitro benzene ring substituents is 1. The Hall–Kier alpha value is -3.33. The van der Waals surface area contributed by atoms with E-state index >= 15 is 0 Å². The van der Waals surface area contributed by atoms with Crippen LogP contribution in [0.1, 0.15) is 37.5 Å². The third kappa shape index (κ3) is 5.64. The second-order valence-corrected chi connectivity index (χ2v) is 6.73. The molecule has 0 aliphatic heterocycles. The van der Waals surface area contributed by atoms with E-state index in [9.17, 15) is 14.9 Å². The summed E-state index contributed by atoms with van der Waals surface area (Å²) < 4.78 is 5.22. The third-order valence-corrected chi connectivity index (χ3v) is 3.21. The van der Waals surface area contributed by atoms with Crippen LogP contribution in [-0.4, -0.2) is 16.6 Å². The summed E-state index contributed by atoms with van der Waals surface area (Å²) in [5.41, 5.74) is 1.77. The number of anilines is 1. The quantitative estimate of drug-likeness (QED) is 0.484. The van der Waals surface area contributed by atoms with E-state index in [2.05, 4.69) is 17.2 Å². The molecule has 6 heteroatoms. The number of aryl methyl sites for hydroxylation is 1. The number of amides is 1. The van der Waals surface area contributed by atoms with Gasteiger partial charge in [-0.25, -0.2) is 4.79 Å². The van der Waals surface area contributed by atoms with Gasteiger partial charge in [-0.15, -0.1) is 0 Å². The third-order valence-electron chi connectivity index (χ3n) is 3.21. The number of benzene rings is 2. The van der Waals surface area contributed by atoms with Crippen LogP contribution in [0.2, 0.25) is 0 Å². The van der Waals surface area contributed by atoms with E-state index in [0.717, 1.165) is 11.1 Å². The fraction of sp³-hybridized carbons (Fsp3) is 0.250. The van der Waals surface area contributed by atoms with Crippen LogP contribution in [0.15, 0.2) is 42.5 Å². The van der Waals surface area contributed by atoms with Crippen molar-refractivity contribution in [2.24, 2.45) is 0 Å². The van der Waals surface area contributed by atoms with Crippen molar-refractivity contribution in [2.75, 3.05) is 5.32 Å². The number of hydrogen-bond acceptors (Lipinski definition) is 4. The van der Waals surface area contributed by atoms with Gasteiger partial charge in [-0.1, -0.05) is 24.0 Å². The molecule has 0 aromatic heterocycles. The Kier molecular flexibility index (Phi) is 5.63. The first kappa shape index (κ1) is 19.0. The average molecular weight is 352 g/mol. The van der Waals surface area contributed by atoms with Crippen molar-refractivity contribution in [1.82, 2.24) is 0 Å². The van der Waals surface area contributed by atoms with Crippen LogP contribution >= 0.6 is 0 Å². The molecule has 0 spiro atoms. The Balaban J connectivity index is 2.37. The molecular formula is C20H20N2O4. The van der Waals surface area contributed by atoms with Crippen molar-refractivity contribution in [2.45, 2.75) is 33.3 Å². The minimum Gasteiger partial charge on any atom is -0.444 e. The zero-order valence-corrected chi connectivity index (χ0v) is 15.1. The Morgan fingerprint density at radius 1 is 1.15 bits per heavy atom. The highest BCUT2D eigenvalue weighted by atomic mass is 16.6. The summed E-state index contributed by atoms with van der Waals surface area (Å²) in [6.07, 6.45) is -0.648. The van der Waals surface area contributed by atoms with Gasteiger partial charge in [-0.2, -0.15) is 0 Å². The van der Waals surface area contributed by atoms with E-state index in [1.807, 2.05) is 31.2 Å². The van der Waals surface area contributed by atoms with Crippen LogP contribution in [0.5, 0.6) is 0 Å². The lowest BCUT2D eigenvalue weighted by atomic mass is 10.1. The molecule has 0 bridgehead atoms. The number of hydrogen-bond donors (Lipinski definition) is 1. The number of rotatable bonds is 2. The van der Waals surface area contributed by atoms with Crippen molar-refractivity contribution >= 4 is 17.5 Å². The predicted molar refractivity (Wildman–Crippen MR) is 100 cm³/mol. The lowest BCUT2D eigenvalue weighted by Gasteiger charge is -2.20. The molecule has 0 fully saturated rings. The zero-order valence-electron chi connectivity index (χ0n) is 15.1. The first-order valence-corrected chi connectivity index (χ1v) is 8.01. The number of nitro groups is 1. The van der Waals surface area contributed by atoms with Crippen LogP contribution in [0.3, 0.4) is 0 Å². The normalized spacial score (nSPS) is 10.5. The molecule has 2 rings (SSSR count). The molecule has 26 heavy (non-hydrogen) atoms. The number of carbonyl (C=O) groups is 1. The van der Waals surface area contributed by atoms with Crippen LogP contribution in [-0.2, 0) is 4.74 Å². The highest BCUT2D eigenvalue weighted by Crippen LogP contribution is 2.22. The van der Waals surface area contributed by atoms with Gasteiger partial charge in [0.1, 0.15) is 5.60 Å². The number of non-ortho nitro benzene ring substituents is 1. The smallest absolute Gasteiger partial charge is 0.412 e.